The van der Waals surface area contributed by atoms with Crippen LogP contribution in [-0.4, -0.2) is 16.6 Å². The lowest BCUT2D eigenvalue weighted by Gasteiger charge is -2.03. The molecule has 0 unspecified atom stereocenters. The summed E-state index contributed by atoms with van der Waals surface area (Å²) in [6.07, 6.45) is 2.36. The molecule has 0 saturated carbocycles. The Balaban J connectivity index is 1.23. The Hall–Kier alpha value is -2.11. The van der Waals surface area contributed by atoms with Gasteiger partial charge in [-0.2, -0.15) is 11.8 Å². The lowest BCUT2D eigenvalue weighted by molar-refractivity contribution is -0.116. The molecule has 0 atom stereocenters. The highest BCUT2D eigenvalue weighted by molar-refractivity contribution is 7.98. The van der Waals surface area contributed by atoms with Gasteiger partial charge in [0, 0.05) is 29.0 Å². The van der Waals surface area contributed by atoms with Crippen LogP contribution in [0.15, 0.2) is 54.6 Å². The standard InChI is InChI=1S/C21H20N2OS2/c24-19(11-6-12-25-14-15-7-2-1-3-8-15)22-21-23-20-17-10-5-4-9-16(17)13-18(20)26-21/h1-5,7-10H,6,11-14H2,(H,22,23,24). The van der Waals surface area contributed by atoms with Gasteiger partial charge in [0.15, 0.2) is 5.13 Å². The number of carbonyl (C=O) groups excluding carboxylic acids is 1. The summed E-state index contributed by atoms with van der Waals surface area (Å²) in [5, 5.41) is 3.70. The first-order valence-electron chi connectivity index (χ1n) is 8.79. The molecule has 1 amide bonds. The van der Waals surface area contributed by atoms with Gasteiger partial charge in [0.1, 0.15) is 0 Å². The minimum absolute atomic E-state index is 0.0611. The van der Waals surface area contributed by atoms with Crippen molar-refractivity contribution in [2.75, 3.05) is 11.1 Å². The van der Waals surface area contributed by atoms with Gasteiger partial charge in [0.2, 0.25) is 5.91 Å². The number of thiazole rings is 1. The summed E-state index contributed by atoms with van der Waals surface area (Å²) >= 11 is 3.47. The maximum Gasteiger partial charge on any atom is 0.226 e. The number of nitrogens with zero attached hydrogens (tertiary/aromatic N) is 1. The van der Waals surface area contributed by atoms with E-state index in [1.165, 1.54) is 21.6 Å². The van der Waals surface area contributed by atoms with Crippen LogP contribution in [0.5, 0.6) is 0 Å². The zero-order chi connectivity index (χ0) is 17.8. The molecule has 1 aliphatic carbocycles. The molecular weight excluding hydrogens is 360 g/mol. The zero-order valence-corrected chi connectivity index (χ0v) is 16.0. The van der Waals surface area contributed by atoms with Crippen molar-refractivity contribution in [1.82, 2.24) is 4.98 Å². The molecule has 132 valence electrons. The third-order valence-electron chi connectivity index (χ3n) is 4.37. The molecule has 5 heteroatoms. The van der Waals surface area contributed by atoms with Crippen LogP contribution in [-0.2, 0) is 17.0 Å². The van der Waals surface area contributed by atoms with Crippen molar-refractivity contribution >= 4 is 34.1 Å². The molecule has 1 N–H and O–H groups in total. The summed E-state index contributed by atoms with van der Waals surface area (Å²) in [5.74, 6) is 2.05. The van der Waals surface area contributed by atoms with Crippen LogP contribution in [0, 0.1) is 0 Å². The number of thioether (sulfide) groups is 1. The predicted octanol–water partition coefficient (Wildman–Crippen LogP) is 5.37. The van der Waals surface area contributed by atoms with Crippen LogP contribution in [0.1, 0.15) is 28.8 Å². The molecule has 4 rings (SSSR count). The van der Waals surface area contributed by atoms with Crippen molar-refractivity contribution in [3.05, 3.63) is 70.6 Å². The van der Waals surface area contributed by atoms with Crippen molar-refractivity contribution in [3.63, 3.8) is 0 Å². The van der Waals surface area contributed by atoms with Crippen LogP contribution in [0.4, 0.5) is 5.13 Å². The second-order valence-electron chi connectivity index (χ2n) is 6.31. The molecule has 1 heterocycles. The molecule has 1 aliphatic rings. The van der Waals surface area contributed by atoms with E-state index in [0.29, 0.717) is 6.42 Å². The smallest absolute Gasteiger partial charge is 0.226 e. The first-order chi connectivity index (χ1) is 12.8. The third-order valence-corrected chi connectivity index (χ3v) is 6.46. The lowest BCUT2D eigenvalue weighted by atomic mass is 10.1. The Morgan fingerprint density at radius 3 is 2.81 bits per heavy atom. The summed E-state index contributed by atoms with van der Waals surface area (Å²) in [4.78, 5) is 18.1. The van der Waals surface area contributed by atoms with E-state index in [9.17, 15) is 4.79 Å². The number of fused-ring (bicyclic) bond motifs is 3. The molecule has 0 saturated heterocycles. The Labute approximate surface area is 161 Å². The number of carbonyl (C=O) groups is 1. The Bertz CT molecular complexity index is 905. The van der Waals surface area contributed by atoms with E-state index in [4.69, 9.17) is 0 Å². The fourth-order valence-electron chi connectivity index (χ4n) is 3.09. The van der Waals surface area contributed by atoms with Crippen LogP contribution < -0.4 is 5.32 Å². The van der Waals surface area contributed by atoms with Crippen LogP contribution in [0.25, 0.3) is 11.3 Å². The van der Waals surface area contributed by atoms with E-state index >= 15 is 0 Å². The van der Waals surface area contributed by atoms with Crippen molar-refractivity contribution in [2.45, 2.75) is 25.0 Å². The molecular formula is C21H20N2OS2. The largest absolute Gasteiger partial charge is 0.302 e. The molecule has 0 spiro atoms. The Kier molecular flexibility index (Phi) is 5.37. The van der Waals surface area contributed by atoms with Crippen molar-refractivity contribution < 1.29 is 4.79 Å². The lowest BCUT2D eigenvalue weighted by Crippen LogP contribution is -2.11. The fraction of sp³-hybridized carbons (Fsp3) is 0.238. The quantitative estimate of drug-likeness (QED) is 0.439. The van der Waals surface area contributed by atoms with Crippen LogP contribution >= 0.6 is 23.1 Å². The summed E-state index contributed by atoms with van der Waals surface area (Å²) in [7, 11) is 0. The first-order valence-corrected chi connectivity index (χ1v) is 10.8. The van der Waals surface area contributed by atoms with Gasteiger partial charge in [-0.15, -0.1) is 11.3 Å². The van der Waals surface area contributed by atoms with E-state index in [1.54, 1.807) is 11.3 Å². The van der Waals surface area contributed by atoms with Gasteiger partial charge < -0.3 is 5.32 Å². The normalized spacial score (nSPS) is 11.8. The van der Waals surface area contributed by atoms with Gasteiger partial charge in [0.05, 0.1) is 5.69 Å². The summed E-state index contributed by atoms with van der Waals surface area (Å²) in [5.41, 5.74) is 4.91. The van der Waals surface area contributed by atoms with E-state index in [-0.39, 0.29) is 5.91 Å². The van der Waals surface area contributed by atoms with Crippen LogP contribution in [0.3, 0.4) is 0 Å². The second kappa shape index (κ2) is 8.06. The molecule has 0 aliphatic heterocycles. The van der Waals surface area contributed by atoms with E-state index in [2.05, 4.69) is 52.8 Å². The number of amides is 1. The maximum absolute atomic E-state index is 12.2. The Morgan fingerprint density at radius 2 is 1.92 bits per heavy atom. The highest BCUT2D eigenvalue weighted by Gasteiger charge is 2.23. The number of hydrogen-bond acceptors (Lipinski definition) is 4. The predicted molar refractivity (Wildman–Crippen MR) is 111 cm³/mol. The average molecular weight is 381 g/mol. The van der Waals surface area contributed by atoms with E-state index in [0.717, 1.165) is 35.2 Å². The minimum atomic E-state index is 0.0611. The molecule has 3 aromatic rings. The zero-order valence-electron chi connectivity index (χ0n) is 14.4. The second-order valence-corrected chi connectivity index (χ2v) is 8.50. The maximum atomic E-state index is 12.2. The van der Waals surface area contributed by atoms with Gasteiger partial charge >= 0.3 is 0 Å². The Morgan fingerprint density at radius 1 is 1.12 bits per heavy atom. The van der Waals surface area contributed by atoms with Crippen LogP contribution in [0.2, 0.25) is 0 Å². The molecule has 3 nitrogen and oxygen atoms in total. The highest BCUT2D eigenvalue weighted by atomic mass is 32.2. The van der Waals surface area contributed by atoms with Gasteiger partial charge in [0.25, 0.3) is 0 Å². The van der Waals surface area contributed by atoms with Gasteiger partial charge in [-0.3, -0.25) is 4.79 Å². The van der Waals surface area contributed by atoms with Crippen molar-refractivity contribution in [3.8, 4) is 11.3 Å². The van der Waals surface area contributed by atoms with E-state index in [1.807, 2.05) is 23.9 Å². The molecule has 0 fully saturated rings. The minimum Gasteiger partial charge on any atom is -0.302 e. The average Bonchev–Trinajstić information content (AvgIpc) is 3.19. The summed E-state index contributed by atoms with van der Waals surface area (Å²) in [6.45, 7) is 0. The molecule has 2 aromatic carbocycles. The summed E-state index contributed by atoms with van der Waals surface area (Å²) < 4.78 is 0. The van der Waals surface area contributed by atoms with Gasteiger partial charge in [-0.1, -0.05) is 54.6 Å². The monoisotopic (exact) mass is 380 g/mol. The number of nitrogens with one attached hydrogen (secondary N) is 1. The van der Waals surface area contributed by atoms with Gasteiger partial charge in [-0.05, 0) is 23.3 Å². The van der Waals surface area contributed by atoms with Gasteiger partial charge in [-0.25, -0.2) is 4.98 Å². The van der Waals surface area contributed by atoms with Crippen molar-refractivity contribution in [2.24, 2.45) is 0 Å². The summed E-state index contributed by atoms with van der Waals surface area (Å²) in [6, 6.07) is 18.8. The number of benzene rings is 2. The van der Waals surface area contributed by atoms with E-state index < -0.39 is 0 Å². The SMILES string of the molecule is O=C(CCCSCc1ccccc1)Nc1nc2c(s1)Cc1ccccc1-2. The molecule has 26 heavy (non-hydrogen) atoms. The molecule has 0 radical (unpaired) electrons. The number of anilines is 1. The molecule has 1 aromatic heterocycles. The number of rotatable bonds is 7. The third kappa shape index (κ3) is 4.00. The number of aromatic nitrogens is 1. The first kappa shape index (κ1) is 17.3. The molecule has 0 bridgehead atoms. The highest BCUT2D eigenvalue weighted by Crippen LogP contribution is 2.40. The fourth-order valence-corrected chi connectivity index (χ4v) is 5.03. The van der Waals surface area contributed by atoms with Crippen molar-refractivity contribution in [1.29, 1.82) is 0 Å². The number of hydrogen-bond donors (Lipinski definition) is 1. The topological polar surface area (TPSA) is 42.0 Å².